The van der Waals surface area contributed by atoms with Gasteiger partial charge in [-0.05, 0) is 24.3 Å². The Morgan fingerprint density at radius 2 is 0.857 bits per heavy atom. The van der Waals surface area contributed by atoms with Crippen molar-refractivity contribution in [3.63, 3.8) is 0 Å². The van der Waals surface area contributed by atoms with Crippen LogP contribution in [0.25, 0.3) is 6.15 Å². The van der Waals surface area contributed by atoms with E-state index in [1.165, 1.54) is 14.2 Å². The number of carbonyl (C=O) groups excluding carboxylic acids is 2. The standard InChI is InChI=1S/2C8H8O2.H2N.Na.2HO2S/c2*1-10-8(9)7-5-3-2-4-6-7;;;2*1-3-2/h2*2-6H,1H3;1H2;;2*3H/q;;-1;+1;2*-1. The number of methoxy groups -OCH3 is 2. The van der Waals surface area contributed by atoms with Crippen molar-refractivity contribution in [1.82, 2.24) is 0 Å². The van der Waals surface area contributed by atoms with Gasteiger partial charge < -0.3 is 32.5 Å². The van der Waals surface area contributed by atoms with Gasteiger partial charge in [0.15, 0.2) is 0 Å². The van der Waals surface area contributed by atoms with Crippen molar-refractivity contribution in [2.24, 2.45) is 0 Å². The van der Waals surface area contributed by atoms with Crippen LogP contribution in [-0.2, 0) is 49.5 Å². The maximum Gasteiger partial charge on any atom is 1.00 e. The Morgan fingerprint density at radius 3 is 1.04 bits per heavy atom. The Morgan fingerprint density at radius 1 is 0.643 bits per heavy atom. The second-order valence-corrected chi connectivity index (χ2v) is 4.16. The maximum absolute atomic E-state index is 10.8. The van der Waals surface area contributed by atoms with E-state index in [9.17, 15) is 9.59 Å². The zero-order chi connectivity index (χ0) is 20.2. The summed E-state index contributed by atoms with van der Waals surface area (Å²) < 4.78 is 42.4. The molecule has 0 aliphatic rings. The van der Waals surface area contributed by atoms with Crippen LogP contribution in [0.3, 0.4) is 0 Å². The summed E-state index contributed by atoms with van der Waals surface area (Å²) in [6, 6.07) is 17.8. The van der Waals surface area contributed by atoms with Crippen LogP contribution in [0, 0.1) is 0 Å². The summed E-state index contributed by atoms with van der Waals surface area (Å²) in [7, 11) is 2.74. The molecule has 0 radical (unpaired) electrons. The van der Waals surface area contributed by atoms with Crippen molar-refractivity contribution in [3.05, 3.63) is 77.9 Å². The Balaban J connectivity index is -0.000000153. The number of thiol groups is 2. The molecule has 2 aromatic rings. The van der Waals surface area contributed by atoms with Crippen LogP contribution >= 0.6 is 0 Å². The summed E-state index contributed by atoms with van der Waals surface area (Å²) in [5.41, 5.74) is 1.18. The van der Waals surface area contributed by atoms with E-state index in [-0.39, 0.29) is 47.6 Å². The molecule has 0 aromatic heterocycles. The van der Waals surface area contributed by atoms with Gasteiger partial charge in [0.1, 0.15) is 0 Å². The first-order valence-electron chi connectivity index (χ1n) is 6.68. The van der Waals surface area contributed by atoms with Crippen LogP contribution < -0.4 is 29.6 Å². The molecule has 152 valence electrons. The molecule has 0 aliphatic carbocycles. The van der Waals surface area contributed by atoms with E-state index in [1.807, 2.05) is 12.1 Å². The predicted molar refractivity (Wildman–Crippen MR) is 101 cm³/mol. The van der Waals surface area contributed by atoms with Gasteiger partial charge in [-0.2, -0.15) is 0 Å². The third kappa shape index (κ3) is 19.0. The van der Waals surface area contributed by atoms with Gasteiger partial charge >= 0.3 is 41.5 Å². The van der Waals surface area contributed by atoms with Gasteiger partial charge in [-0.1, -0.05) is 59.5 Å². The molecule has 2 N–H and O–H groups in total. The largest absolute Gasteiger partial charge is 1.00 e. The fourth-order valence-corrected chi connectivity index (χ4v) is 1.38. The van der Waals surface area contributed by atoms with Gasteiger partial charge in [-0.3, -0.25) is 0 Å². The Labute approximate surface area is 191 Å². The average molecular weight is 441 g/mol. The van der Waals surface area contributed by atoms with E-state index in [0.717, 1.165) is 0 Å². The zero-order valence-corrected chi connectivity index (χ0v) is 19.3. The second kappa shape index (κ2) is 25.2. The topological polar surface area (TPSA) is 154 Å². The van der Waals surface area contributed by atoms with Crippen molar-refractivity contribution in [2.45, 2.75) is 0 Å². The fraction of sp³-hybridized carbons (Fsp3) is 0.125. The summed E-state index contributed by atoms with van der Waals surface area (Å²) >= 11 is -2.17. The molecule has 9 nitrogen and oxygen atoms in total. The molecule has 2 aromatic carbocycles. The van der Waals surface area contributed by atoms with Crippen molar-refractivity contribution in [2.75, 3.05) is 14.2 Å². The molecule has 0 aliphatic heterocycles. The van der Waals surface area contributed by atoms with E-state index in [4.69, 9.17) is 16.8 Å². The number of ether oxygens (including phenoxy) is 2. The van der Waals surface area contributed by atoms with Gasteiger partial charge in [-0.15, -0.1) is 0 Å². The molecule has 0 fully saturated rings. The van der Waals surface area contributed by atoms with Gasteiger partial charge in [0.2, 0.25) is 0 Å². The van der Waals surface area contributed by atoms with E-state index in [2.05, 4.69) is 9.47 Å². The number of hydrogen-bond acceptors (Lipinski definition) is 10. The Hall–Kier alpha value is -1.76. The summed E-state index contributed by atoms with van der Waals surface area (Å²) in [4.78, 5) is 21.6. The minimum Gasteiger partial charge on any atom is -0.693 e. The van der Waals surface area contributed by atoms with E-state index in [0.29, 0.717) is 11.1 Å². The molecule has 0 amide bonds. The molecule has 0 saturated heterocycles. The number of rotatable bonds is 2. The predicted octanol–water partition coefficient (Wildman–Crippen LogP) is -0.348. The fourth-order valence-electron chi connectivity index (χ4n) is 1.38. The van der Waals surface area contributed by atoms with Gasteiger partial charge in [0, 0.05) is 0 Å². The third-order valence-corrected chi connectivity index (χ3v) is 2.39. The smallest absolute Gasteiger partial charge is 0.693 e. The van der Waals surface area contributed by atoms with Crippen molar-refractivity contribution >= 4 is 35.1 Å². The van der Waals surface area contributed by atoms with E-state index < -0.39 is 23.1 Å². The first-order chi connectivity index (χ1) is 12.5. The molecule has 0 atom stereocenters. The summed E-state index contributed by atoms with van der Waals surface area (Å²) in [5.74, 6) is -0.582. The molecule has 0 heterocycles. The normalized spacial score (nSPS) is 7.50. The molecule has 12 heteroatoms. The van der Waals surface area contributed by atoms with Crippen LogP contribution in [0.5, 0.6) is 0 Å². The maximum atomic E-state index is 10.8. The summed E-state index contributed by atoms with van der Waals surface area (Å²) in [5, 5.41) is 0. The van der Waals surface area contributed by atoms with Crippen molar-refractivity contribution in [3.8, 4) is 0 Å². The van der Waals surface area contributed by atoms with E-state index in [1.54, 1.807) is 48.5 Å². The van der Waals surface area contributed by atoms with Crippen molar-refractivity contribution in [1.29, 1.82) is 0 Å². The van der Waals surface area contributed by atoms with Crippen LogP contribution in [0.15, 0.2) is 60.7 Å². The van der Waals surface area contributed by atoms with Gasteiger partial charge in [0.25, 0.3) is 0 Å². The second-order valence-electron chi connectivity index (χ2n) is 3.86. The monoisotopic (exact) mass is 441 g/mol. The first kappa shape index (κ1) is 33.8. The molecule has 0 bridgehead atoms. The molecule has 0 saturated carbocycles. The van der Waals surface area contributed by atoms with Gasteiger partial charge in [0.05, 0.1) is 25.3 Å². The molecular weight excluding hydrogens is 421 g/mol. The van der Waals surface area contributed by atoms with Crippen molar-refractivity contribution < 1.29 is 65.5 Å². The molecule has 2 rings (SSSR count). The van der Waals surface area contributed by atoms with Crippen LogP contribution in [0.4, 0.5) is 0 Å². The van der Waals surface area contributed by atoms with Crippen LogP contribution in [0.2, 0.25) is 0 Å². The minimum atomic E-state index is -1.08. The summed E-state index contributed by atoms with van der Waals surface area (Å²) in [6.45, 7) is 0. The SMILES string of the molecule is COC(=O)c1ccccc1.COC(=O)c1ccccc1.O=[SH-]=O.O=[SH-]=O.[NH2-].[Na+]. The number of carbonyl (C=O) groups is 2. The molecular formula is C16H20NNaO8S2-2. The Bertz CT molecular complexity index is 656. The number of benzene rings is 2. The number of esters is 2. The number of hydrogen-bond donors (Lipinski definition) is 0. The molecule has 0 unspecified atom stereocenters. The first-order valence-corrected chi connectivity index (χ1v) is 8.15. The summed E-state index contributed by atoms with van der Waals surface area (Å²) in [6.07, 6.45) is 0. The number of nitrogens with two attached hydrogens (primary N) is 1. The van der Waals surface area contributed by atoms with Gasteiger partial charge in [-0.25, -0.2) is 9.59 Å². The third-order valence-electron chi connectivity index (χ3n) is 2.39. The van der Waals surface area contributed by atoms with Crippen LogP contribution in [-0.4, -0.2) is 26.2 Å². The zero-order valence-electron chi connectivity index (χ0n) is 15.5. The molecule has 28 heavy (non-hydrogen) atoms. The van der Waals surface area contributed by atoms with Crippen LogP contribution in [0.1, 0.15) is 20.7 Å². The minimum absolute atomic E-state index is 0. The quantitative estimate of drug-likeness (QED) is 0.265. The molecule has 0 spiro atoms. The Kier molecular flexibility index (Phi) is 30.5. The average Bonchev–Trinajstić information content (AvgIpc) is 2.70. The van der Waals surface area contributed by atoms with E-state index >= 15 is 0 Å².